The summed E-state index contributed by atoms with van der Waals surface area (Å²) in [6.45, 7) is 2.12. The third-order valence-electron chi connectivity index (χ3n) is 3.36. The third-order valence-corrected chi connectivity index (χ3v) is 3.36. The molecule has 0 unspecified atom stereocenters. The van der Waals surface area contributed by atoms with Gasteiger partial charge in [0.05, 0.1) is 18.3 Å². The van der Waals surface area contributed by atoms with E-state index in [1.54, 1.807) is 30.4 Å². The molecule has 0 heterocycles. The lowest BCUT2D eigenvalue weighted by molar-refractivity contribution is -0.137. The van der Waals surface area contributed by atoms with E-state index in [1.807, 2.05) is 0 Å². The molecule has 0 radical (unpaired) electrons. The van der Waals surface area contributed by atoms with E-state index in [-0.39, 0.29) is 12.8 Å². The van der Waals surface area contributed by atoms with Crippen molar-refractivity contribution in [1.29, 1.82) is 0 Å². The molecule has 0 aliphatic carbocycles. The molecule has 0 bridgehead atoms. The number of aliphatic carboxylic acids is 1. The summed E-state index contributed by atoms with van der Waals surface area (Å²) in [4.78, 5) is 10.4. The Labute approximate surface area is 138 Å². The predicted molar refractivity (Wildman–Crippen MR) is 91.1 cm³/mol. The fourth-order valence-electron chi connectivity index (χ4n) is 1.96. The maximum atomic E-state index is 10.4. The van der Waals surface area contributed by atoms with Crippen LogP contribution in [0.4, 0.5) is 0 Å². The molecule has 0 aromatic carbocycles. The molecule has 0 spiro atoms. The summed E-state index contributed by atoms with van der Waals surface area (Å²) in [6, 6.07) is 0. The third kappa shape index (κ3) is 13.9. The number of rotatable bonds is 13. The van der Waals surface area contributed by atoms with Crippen LogP contribution in [0.15, 0.2) is 36.5 Å². The number of hydrogen-bond acceptors (Lipinski definition) is 4. The zero-order valence-electron chi connectivity index (χ0n) is 13.8. The number of hydrogen-bond donors (Lipinski definition) is 4. The van der Waals surface area contributed by atoms with Gasteiger partial charge in [0.1, 0.15) is 0 Å². The quantitative estimate of drug-likeness (QED) is 0.308. The van der Waals surface area contributed by atoms with Gasteiger partial charge in [-0.25, -0.2) is 0 Å². The van der Waals surface area contributed by atoms with Gasteiger partial charge in [-0.15, -0.1) is 0 Å². The maximum absolute atomic E-state index is 10.4. The van der Waals surface area contributed by atoms with Gasteiger partial charge in [0, 0.05) is 6.42 Å². The molecule has 23 heavy (non-hydrogen) atoms. The van der Waals surface area contributed by atoms with Crippen LogP contribution in [0.1, 0.15) is 51.9 Å². The van der Waals surface area contributed by atoms with Crippen molar-refractivity contribution in [2.45, 2.75) is 70.2 Å². The molecule has 5 nitrogen and oxygen atoms in total. The zero-order chi connectivity index (χ0) is 17.5. The minimum Gasteiger partial charge on any atom is -0.481 e. The molecule has 5 heteroatoms. The molecule has 0 saturated heterocycles. The molecule has 0 fully saturated rings. The van der Waals surface area contributed by atoms with Crippen LogP contribution in [0.5, 0.6) is 0 Å². The highest BCUT2D eigenvalue weighted by atomic mass is 16.4. The molecule has 0 aliphatic heterocycles. The Morgan fingerprint density at radius 2 is 1.57 bits per heavy atom. The molecular formula is C18H30O5. The molecule has 4 N–H and O–H groups in total. The van der Waals surface area contributed by atoms with E-state index >= 15 is 0 Å². The van der Waals surface area contributed by atoms with Gasteiger partial charge in [0.2, 0.25) is 0 Å². The first-order chi connectivity index (χ1) is 11.0. The Balaban J connectivity index is 3.94. The van der Waals surface area contributed by atoms with Crippen molar-refractivity contribution in [3.8, 4) is 0 Å². The average molecular weight is 326 g/mol. The molecule has 0 saturated carbocycles. The van der Waals surface area contributed by atoms with Crippen LogP contribution in [0, 0.1) is 0 Å². The number of unbranched alkanes of at least 4 members (excludes halogenated alkanes) is 2. The van der Waals surface area contributed by atoms with Crippen molar-refractivity contribution in [2.75, 3.05) is 0 Å². The molecular weight excluding hydrogens is 296 g/mol. The lowest BCUT2D eigenvalue weighted by Gasteiger charge is -2.13. The van der Waals surface area contributed by atoms with E-state index in [9.17, 15) is 20.1 Å². The van der Waals surface area contributed by atoms with Crippen LogP contribution in [0.25, 0.3) is 0 Å². The lowest BCUT2D eigenvalue weighted by atomic mass is 10.1. The van der Waals surface area contributed by atoms with E-state index in [1.165, 1.54) is 6.08 Å². The summed E-state index contributed by atoms with van der Waals surface area (Å²) in [5.41, 5.74) is 0. The Morgan fingerprint density at radius 1 is 0.913 bits per heavy atom. The second-order valence-corrected chi connectivity index (χ2v) is 5.56. The smallest absolute Gasteiger partial charge is 0.303 e. The van der Waals surface area contributed by atoms with Gasteiger partial charge < -0.3 is 20.4 Å². The Kier molecular flexibility index (Phi) is 13.3. The van der Waals surface area contributed by atoms with Gasteiger partial charge in [0.15, 0.2) is 0 Å². The fraction of sp³-hybridized carbons (Fsp3) is 0.611. The Morgan fingerprint density at radius 3 is 2.17 bits per heavy atom. The molecule has 0 amide bonds. The lowest BCUT2D eigenvalue weighted by Crippen LogP contribution is -2.23. The van der Waals surface area contributed by atoms with Gasteiger partial charge in [0.25, 0.3) is 0 Å². The van der Waals surface area contributed by atoms with E-state index in [0.717, 1.165) is 25.7 Å². The number of aliphatic hydroxyl groups is 3. The molecule has 0 aliphatic rings. The van der Waals surface area contributed by atoms with Crippen molar-refractivity contribution >= 4 is 5.97 Å². The normalized spacial score (nSPS) is 16.3. The Hall–Kier alpha value is -1.43. The first-order valence-corrected chi connectivity index (χ1v) is 8.25. The topological polar surface area (TPSA) is 98.0 Å². The predicted octanol–water partition coefficient (Wildman–Crippen LogP) is 2.57. The number of aliphatic hydroxyl groups excluding tert-OH is 3. The minimum atomic E-state index is -1.02. The SMILES string of the molecule is CCCCC[C@@H](O)/C=C/C=C\C=C\[C@@H](O)[C@@H](O)CCCC(=O)O. The standard InChI is InChI=1S/C18H30O5/c1-2-3-6-10-15(19)11-7-4-5-8-12-16(20)17(21)13-9-14-18(22)23/h4-5,7-8,11-12,15-17,19-21H,2-3,6,9-10,13-14H2,1H3,(H,22,23)/b5-4-,11-7+,12-8+/t15-,16-,17+/m1/s1. The number of carboxylic acids is 1. The van der Waals surface area contributed by atoms with Gasteiger partial charge in [-0.3, -0.25) is 4.79 Å². The number of carbonyl (C=O) groups is 1. The summed E-state index contributed by atoms with van der Waals surface area (Å²) in [5, 5.41) is 37.5. The molecule has 0 aromatic rings. The first kappa shape index (κ1) is 21.6. The summed E-state index contributed by atoms with van der Waals surface area (Å²) in [5.74, 6) is -0.908. The summed E-state index contributed by atoms with van der Waals surface area (Å²) in [6.07, 6.45) is 12.1. The van der Waals surface area contributed by atoms with Crippen LogP contribution >= 0.6 is 0 Å². The van der Waals surface area contributed by atoms with Crippen molar-refractivity contribution < 1.29 is 25.2 Å². The molecule has 0 rings (SSSR count). The highest BCUT2D eigenvalue weighted by molar-refractivity contribution is 5.66. The Bertz CT molecular complexity index is 387. The van der Waals surface area contributed by atoms with E-state index in [2.05, 4.69) is 6.92 Å². The van der Waals surface area contributed by atoms with Crippen molar-refractivity contribution in [3.05, 3.63) is 36.5 Å². The second kappa shape index (κ2) is 14.2. The van der Waals surface area contributed by atoms with Gasteiger partial charge in [-0.05, 0) is 19.3 Å². The van der Waals surface area contributed by atoms with E-state index < -0.39 is 24.3 Å². The van der Waals surface area contributed by atoms with E-state index in [0.29, 0.717) is 6.42 Å². The van der Waals surface area contributed by atoms with Gasteiger partial charge >= 0.3 is 5.97 Å². The van der Waals surface area contributed by atoms with Crippen LogP contribution in [-0.4, -0.2) is 44.7 Å². The summed E-state index contributed by atoms with van der Waals surface area (Å²) in [7, 11) is 0. The largest absolute Gasteiger partial charge is 0.481 e. The van der Waals surface area contributed by atoms with Crippen molar-refractivity contribution in [1.82, 2.24) is 0 Å². The second-order valence-electron chi connectivity index (χ2n) is 5.56. The van der Waals surface area contributed by atoms with Crippen LogP contribution in [0.3, 0.4) is 0 Å². The number of carboxylic acid groups (broad SMARTS) is 1. The van der Waals surface area contributed by atoms with Gasteiger partial charge in [-0.2, -0.15) is 0 Å². The average Bonchev–Trinajstić information content (AvgIpc) is 2.50. The van der Waals surface area contributed by atoms with E-state index in [4.69, 9.17) is 5.11 Å². The summed E-state index contributed by atoms with van der Waals surface area (Å²) >= 11 is 0. The zero-order valence-corrected chi connectivity index (χ0v) is 13.8. The highest BCUT2D eigenvalue weighted by Crippen LogP contribution is 2.07. The van der Waals surface area contributed by atoms with Crippen molar-refractivity contribution in [2.24, 2.45) is 0 Å². The van der Waals surface area contributed by atoms with Crippen molar-refractivity contribution in [3.63, 3.8) is 0 Å². The molecule has 132 valence electrons. The van der Waals surface area contributed by atoms with Crippen LogP contribution in [0.2, 0.25) is 0 Å². The molecule has 0 aromatic heterocycles. The number of allylic oxidation sites excluding steroid dienone is 4. The summed E-state index contributed by atoms with van der Waals surface area (Å²) < 4.78 is 0. The minimum absolute atomic E-state index is 0.0151. The molecule has 3 atom stereocenters. The van der Waals surface area contributed by atoms with Gasteiger partial charge in [-0.1, -0.05) is 62.6 Å². The van der Waals surface area contributed by atoms with Crippen LogP contribution in [-0.2, 0) is 4.79 Å². The highest BCUT2D eigenvalue weighted by Gasteiger charge is 2.12. The van der Waals surface area contributed by atoms with Crippen LogP contribution < -0.4 is 0 Å². The fourth-order valence-corrected chi connectivity index (χ4v) is 1.96. The monoisotopic (exact) mass is 326 g/mol. The first-order valence-electron chi connectivity index (χ1n) is 8.25. The maximum Gasteiger partial charge on any atom is 0.303 e.